The Morgan fingerprint density at radius 1 is 0.744 bits per heavy atom. The van der Waals surface area contributed by atoms with Crippen molar-refractivity contribution in [3.8, 4) is 0 Å². The van der Waals surface area contributed by atoms with Crippen molar-refractivity contribution in [1.29, 1.82) is 0 Å². The van der Waals surface area contributed by atoms with Crippen LogP contribution in [-0.4, -0.2) is 127 Å². The summed E-state index contributed by atoms with van der Waals surface area (Å²) >= 11 is 0. The van der Waals surface area contributed by atoms with E-state index in [1.807, 2.05) is 31.3 Å². The number of fused-ring (bicyclic) bond motifs is 1. The summed E-state index contributed by atoms with van der Waals surface area (Å²) in [7, 11) is -8.45. The van der Waals surface area contributed by atoms with Crippen LogP contribution < -0.4 is 4.89 Å². The Balaban J connectivity index is 0.00000645. The van der Waals surface area contributed by atoms with Crippen LogP contribution in [0.15, 0.2) is 30.5 Å². The molecule has 1 aliphatic rings. The second-order valence-corrected chi connectivity index (χ2v) is 16.2. The molecule has 0 saturated carbocycles. The molecule has 1 aliphatic heterocycles. The van der Waals surface area contributed by atoms with Crippen molar-refractivity contribution in [2.75, 3.05) is 92.5 Å². The Bertz CT molecular complexity index is 1280. The van der Waals surface area contributed by atoms with Gasteiger partial charge in [0.15, 0.2) is 0 Å². The van der Waals surface area contributed by atoms with Crippen LogP contribution in [0.2, 0.25) is 0 Å². The van der Waals surface area contributed by atoms with E-state index in [-0.39, 0.29) is 75.4 Å². The van der Waals surface area contributed by atoms with Crippen molar-refractivity contribution < 1.29 is 78.8 Å². The first kappa shape index (κ1) is 39.3. The van der Waals surface area contributed by atoms with Gasteiger partial charge in [-0.25, -0.2) is 0 Å². The first-order valence-corrected chi connectivity index (χ1v) is 18.8. The third kappa shape index (κ3) is 13.8. The summed E-state index contributed by atoms with van der Waals surface area (Å²) in [5.41, 5.74) is 1.99. The van der Waals surface area contributed by atoms with Gasteiger partial charge in [-0.1, -0.05) is 23.8 Å². The van der Waals surface area contributed by atoms with Crippen LogP contribution in [0.25, 0.3) is 10.8 Å². The van der Waals surface area contributed by atoms with Gasteiger partial charge in [0.25, 0.3) is 0 Å². The molecule has 250 valence electrons. The summed E-state index contributed by atoms with van der Waals surface area (Å²) in [6, 6.07) is 8.20. The number of aryl methyl sites for hydroxylation is 1. The molecule has 0 amide bonds. The van der Waals surface area contributed by atoms with Crippen molar-refractivity contribution in [3.05, 3.63) is 41.7 Å². The van der Waals surface area contributed by atoms with Gasteiger partial charge in [-0.3, -0.25) is 33.7 Å². The minimum absolute atomic E-state index is 0. The van der Waals surface area contributed by atoms with Gasteiger partial charge in [0.1, 0.15) is 20.2 Å². The van der Waals surface area contributed by atoms with Crippen molar-refractivity contribution >= 4 is 33.6 Å². The number of rotatable bonds is 11. The fraction of sp³-hybridized carbons (Fsp3) is 0.640. The molecule has 18 heteroatoms. The maximum atomic E-state index is 12.5. The van der Waals surface area contributed by atoms with Gasteiger partial charge in [0.05, 0.1) is 12.0 Å². The van der Waals surface area contributed by atoms with E-state index in [0.717, 1.165) is 36.2 Å². The van der Waals surface area contributed by atoms with Crippen LogP contribution in [-0.2, 0) is 33.8 Å². The molecule has 1 aromatic carbocycles. The molecule has 0 spiro atoms. The molecule has 1 saturated heterocycles. The molecule has 3 unspecified atom stereocenters. The predicted octanol–water partition coefficient (Wildman–Crippen LogP) is 2.00. The molecule has 2 N–H and O–H groups in total. The summed E-state index contributed by atoms with van der Waals surface area (Å²) < 4.78 is 51.6. The SMILES string of the molecule is COP(=O)([O-])CN1CCN(Cc2cc3cc(C)ccc3cn2)CCN(CP(=O)(O)OC)CCN(CP(=O)(O)OC)CC1.[177Lu+3]. The Morgan fingerprint density at radius 2 is 1.21 bits per heavy atom. The molecule has 43 heavy (non-hydrogen) atoms. The van der Waals surface area contributed by atoms with E-state index in [0.29, 0.717) is 39.3 Å². The quantitative estimate of drug-likeness (QED) is 0.316. The number of hydrogen-bond acceptors (Lipinski definition) is 12. The minimum Gasteiger partial charge on any atom is -0.778 e. The zero-order valence-electron chi connectivity index (χ0n) is 25.0. The molecule has 2 aromatic rings. The zero-order valence-corrected chi connectivity index (χ0v) is 29.3. The Hall–Kier alpha value is 0.154. The largest absolute Gasteiger partial charge is 3.00 e. The summed E-state index contributed by atoms with van der Waals surface area (Å²) in [5.74, 6) is 0. The summed E-state index contributed by atoms with van der Waals surface area (Å²) in [6.45, 7) is 5.36. The van der Waals surface area contributed by atoms with E-state index < -0.39 is 22.8 Å². The topological polar surface area (TPSA) is 168 Å². The monoisotopic (exact) mass is 827 g/mol. The van der Waals surface area contributed by atoms with Gasteiger partial charge in [-0.05, 0) is 18.4 Å². The van der Waals surface area contributed by atoms with E-state index in [1.54, 1.807) is 14.7 Å². The molecule has 0 radical (unpaired) electrons. The number of benzene rings is 1. The summed E-state index contributed by atoms with van der Waals surface area (Å²) in [6.07, 6.45) is 1.04. The molecule has 2 heterocycles. The average molecular weight is 828 g/mol. The van der Waals surface area contributed by atoms with Gasteiger partial charge < -0.3 is 32.8 Å². The average Bonchev–Trinajstić information content (AvgIpc) is 2.93. The number of hydrogen-bond donors (Lipinski definition) is 2. The van der Waals surface area contributed by atoms with Gasteiger partial charge in [0, 0.05) is 91.8 Å². The first-order valence-electron chi connectivity index (χ1n) is 13.6. The van der Waals surface area contributed by atoms with Crippen molar-refractivity contribution in [1.82, 2.24) is 24.6 Å². The number of aromatic nitrogens is 1. The van der Waals surface area contributed by atoms with Crippen molar-refractivity contribution in [3.63, 3.8) is 0 Å². The first-order chi connectivity index (χ1) is 19.7. The molecule has 1 aromatic heterocycles. The van der Waals surface area contributed by atoms with Crippen LogP contribution >= 0.6 is 22.8 Å². The van der Waals surface area contributed by atoms with Crippen molar-refractivity contribution in [2.45, 2.75) is 13.5 Å². The smallest absolute Gasteiger partial charge is 0.778 e. The Kier molecular flexibility index (Phi) is 16.4. The van der Waals surface area contributed by atoms with Crippen LogP contribution in [0.3, 0.4) is 0 Å². The molecule has 14 nitrogen and oxygen atoms in total. The second-order valence-electron chi connectivity index (χ2n) is 10.5. The molecule has 0 aliphatic carbocycles. The maximum Gasteiger partial charge on any atom is 3.00 e. The van der Waals surface area contributed by atoms with Crippen LogP contribution in [0, 0.1) is 43.8 Å². The zero-order chi connectivity index (χ0) is 31.0. The number of pyridine rings is 1. The maximum absolute atomic E-state index is 12.5. The van der Waals surface area contributed by atoms with Crippen LogP contribution in [0.4, 0.5) is 0 Å². The van der Waals surface area contributed by atoms with E-state index in [2.05, 4.69) is 16.0 Å². The molecule has 1 fully saturated rings. The fourth-order valence-electron chi connectivity index (χ4n) is 4.71. The predicted molar refractivity (Wildman–Crippen MR) is 159 cm³/mol. The minimum atomic E-state index is -4.13. The third-order valence-electron chi connectivity index (χ3n) is 7.23. The Labute approximate surface area is 283 Å². The molecule has 0 bridgehead atoms. The summed E-state index contributed by atoms with van der Waals surface area (Å²) in [5, 5.41) is 2.11. The van der Waals surface area contributed by atoms with E-state index >= 15 is 0 Å². The van der Waals surface area contributed by atoms with Crippen molar-refractivity contribution in [2.24, 2.45) is 0 Å². The summed E-state index contributed by atoms with van der Waals surface area (Å²) in [4.78, 5) is 44.7. The standard InChI is InChI=1S/C25H44N5O9P3.Lu/c1-22-5-6-23-17-26-25(16-24(23)15-22)18-27-7-9-28(19-40(31,32)37-2)11-13-30(21-42(35,36)39-4)14-12-29(10-8-27)20-41(33,34)38-3;/h5-6,15-17H,7-14,18-21H2,1-4H3,(H,31,32)(H,33,34)(H,35,36);/q;+3/p-1/i;1+2. The molecular formula is C25H43LuN5O9P3+2. The molecule has 3 atom stereocenters. The second kappa shape index (κ2) is 17.9. The van der Waals surface area contributed by atoms with Gasteiger partial charge in [-0.2, -0.15) is 0 Å². The Morgan fingerprint density at radius 3 is 1.67 bits per heavy atom. The molecular weight excluding hydrogens is 784 g/mol. The van der Waals surface area contributed by atoms with Gasteiger partial charge in [0.2, 0.25) is 0 Å². The third-order valence-corrected chi connectivity index (χ3v) is 11.2. The van der Waals surface area contributed by atoms with Gasteiger partial charge in [-0.15, -0.1) is 0 Å². The van der Waals surface area contributed by atoms with E-state index in [1.165, 1.54) is 7.11 Å². The van der Waals surface area contributed by atoms with E-state index in [9.17, 15) is 28.4 Å². The van der Waals surface area contributed by atoms with Crippen LogP contribution in [0.5, 0.6) is 0 Å². The fourth-order valence-corrected chi connectivity index (χ4v) is 7.40. The molecule has 3 rings (SSSR count). The van der Waals surface area contributed by atoms with E-state index in [4.69, 9.17) is 13.6 Å². The van der Waals surface area contributed by atoms with Crippen LogP contribution in [0.1, 0.15) is 11.3 Å². The normalized spacial score (nSPS) is 21.6. The van der Waals surface area contributed by atoms with Gasteiger partial charge >= 0.3 is 52.1 Å². The number of nitrogens with zero attached hydrogens (tertiary/aromatic N) is 5.